The zero-order valence-electron chi connectivity index (χ0n) is 16.3. The van der Waals surface area contributed by atoms with E-state index in [2.05, 4.69) is 51.2 Å². The number of alkyl halides is 1. The van der Waals surface area contributed by atoms with E-state index in [0.717, 1.165) is 50.6 Å². The SMILES string of the molecule is CC(C)c1cccc(C(C)C)c1NC(=O)C1(CCCCCl)CCCC1. The van der Waals surface area contributed by atoms with Crippen molar-refractivity contribution in [3.8, 4) is 0 Å². The second kappa shape index (κ2) is 9.07. The molecule has 0 saturated heterocycles. The molecule has 1 aliphatic carbocycles. The Balaban J connectivity index is 2.29. The Labute approximate surface area is 158 Å². The molecule has 1 saturated carbocycles. The number of hydrogen-bond donors (Lipinski definition) is 1. The first-order chi connectivity index (χ1) is 11.9. The van der Waals surface area contributed by atoms with E-state index in [4.69, 9.17) is 11.6 Å². The van der Waals surface area contributed by atoms with E-state index in [1.54, 1.807) is 0 Å². The highest BCUT2D eigenvalue weighted by Crippen LogP contribution is 2.44. The Bertz CT molecular complexity index is 547. The van der Waals surface area contributed by atoms with Crippen LogP contribution < -0.4 is 5.32 Å². The third-order valence-corrected chi connectivity index (χ3v) is 5.96. The van der Waals surface area contributed by atoms with Gasteiger partial charge in [0, 0.05) is 17.0 Å². The second-order valence-corrected chi connectivity index (χ2v) is 8.59. The van der Waals surface area contributed by atoms with E-state index in [9.17, 15) is 4.79 Å². The largest absolute Gasteiger partial charge is 0.325 e. The summed E-state index contributed by atoms with van der Waals surface area (Å²) in [6.07, 6.45) is 7.36. The van der Waals surface area contributed by atoms with Gasteiger partial charge in [-0.1, -0.05) is 65.2 Å². The van der Waals surface area contributed by atoms with Crippen molar-refractivity contribution in [3.63, 3.8) is 0 Å². The monoisotopic (exact) mass is 363 g/mol. The van der Waals surface area contributed by atoms with Crippen LogP contribution in [-0.4, -0.2) is 11.8 Å². The van der Waals surface area contributed by atoms with Crippen molar-refractivity contribution in [2.24, 2.45) is 5.41 Å². The van der Waals surface area contributed by atoms with Crippen LogP contribution in [0.25, 0.3) is 0 Å². The summed E-state index contributed by atoms with van der Waals surface area (Å²) in [5.41, 5.74) is 3.35. The van der Waals surface area contributed by atoms with Crippen LogP contribution in [0.3, 0.4) is 0 Å². The number of carbonyl (C=O) groups excluding carboxylic acids is 1. The zero-order valence-corrected chi connectivity index (χ0v) is 17.1. The third-order valence-electron chi connectivity index (χ3n) is 5.69. The van der Waals surface area contributed by atoms with Crippen molar-refractivity contribution in [3.05, 3.63) is 29.3 Å². The second-order valence-electron chi connectivity index (χ2n) is 8.21. The number of rotatable bonds is 8. The summed E-state index contributed by atoms with van der Waals surface area (Å²) in [6, 6.07) is 6.42. The highest BCUT2D eigenvalue weighted by molar-refractivity contribution is 6.17. The van der Waals surface area contributed by atoms with Gasteiger partial charge in [0.25, 0.3) is 0 Å². The highest BCUT2D eigenvalue weighted by Gasteiger charge is 2.40. The molecule has 0 aromatic heterocycles. The smallest absolute Gasteiger partial charge is 0.230 e. The lowest BCUT2D eigenvalue weighted by atomic mass is 9.79. The van der Waals surface area contributed by atoms with Crippen molar-refractivity contribution in [1.82, 2.24) is 0 Å². The average Bonchev–Trinajstić information content (AvgIpc) is 3.05. The van der Waals surface area contributed by atoms with Crippen LogP contribution in [0.2, 0.25) is 0 Å². The number of amides is 1. The Morgan fingerprint density at radius 1 is 1.08 bits per heavy atom. The molecule has 1 amide bonds. The maximum absolute atomic E-state index is 13.3. The molecule has 1 aliphatic rings. The average molecular weight is 364 g/mol. The summed E-state index contributed by atoms with van der Waals surface area (Å²) in [6.45, 7) is 8.78. The summed E-state index contributed by atoms with van der Waals surface area (Å²) in [4.78, 5) is 13.3. The maximum Gasteiger partial charge on any atom is 0.230 e. The molecule has 2 nitrogen and oxygen atoms in total. The molecule has 0 unspecified atom stereocenters. The first kappa shape index (κ1) is 20.3. The first-order valence-electron chi connectivity index (χ1n) is 9.91. The molecule has 1 aromatic carbocycles. The third kappa shape index (κ3) is 4.78. The summed E-state index contributed by atoms with van der Waals surface area (Å²) >= 11 is 5.85. The maximum atomic E-state index is 13.3. The van der Waals surface area contributed by atoms with Gasteiger partial charge in [-0.25, -0.2) is 0 Å². The number of anilines is 1. The molecule has 1 fully saturated rings. The van der Waals surface area contributed by atoms with E-state index >= 15 is 0 Å². The van der Waals surface area contributed by atoms with Crippen molar-refractivity contribution in [1.29, 1.82) is 0 Å². The Morgan fingerprint density at radius 2 is 1.64 bits per heavy atom. The number of hydrogen-bond acceptors (Lipinski definition) is 1. The molecule has 0 atom stereocenters. The van der Waals surface area contributed by atoms with Crippen LogP contribution in [-0.2, 0) is 4.79 Å². The van der Waals surface area contributed by atoms with E-state index in [-0.39, 0.29) is 11.3 Å². The number of benzene rings is 1. The predicted molar refractivity (Wildman–Crippen MR) is 109 cm³/mol. The minimum atomic E-state index is -0.190. The summed E-state index contributed by atoms with van der Waals surface area (Å²) in [5.74, 6) is 1.70. The van der Waals surface area contributed by atoms with Gasteiger partial charge in [-0.2, -0.15) is 0 Å². The molecule has 0 spiro atoms. The Hall–Kier alpha value is -1.02. The minimum Gasteiger partial charge on any atom is -0.325 e. The molecular formula is C22H34ClNO. The van der Waals surface area contributed by atoms with E-state index in [1.807, 2.05) is 0 Å². The molecule has 25 heavy (non-hydrogen) atoms. The van der Waals surface area contributed by atoms with Crippen molar-refractivity contribution in [2.45, 2.75) is 84.5 Å². The number of carbonyl (C=O) groups is 1. The standard InChI is InChI=1S/C22H34ClNO/c1-16(2)18-10-9-11-19(17(3)4)20(18)24-21(25)22(12-5-6-13-22)14-7-8-15-23/h9-11,16-17H,5-8,12-15H2,1-4H3,(H,24,25). The fourth-order valence-corrected chi connectivity index (χ4v) is 4.33. The van der Waals surface area contributed by atoms with E-state index in [0.29, 0.717) is 17.7 Å². The topological polar surface area (TPSA) is 29.1 Å². The molecule has 0 heterocycles. The fraction of sp³-hybridized carbons (Fsp3) is 0.682. The number of halogens is 1. The van der Waals surface area contributed by atoms with Gasteiger partial charge >= 0.3 is 0 Å². The van der Waals surface area contributed by atoms with Gasteiger partial charge in [-0.05, 0) is 48.6 Å². The highest BCUT2D eigenvalue weighted by atomic mass is 35.5. The normalized spacial score (nSPS) is 16.6. The predicted octanol–water partition coefficient (Wildman–Crippen LogP) is 6.84. The minimum absolute atomic E-state index is 0.190. The quantitative estimate of drug-likeness (QED) is 0.397. The van der Waals surface area contributed by atoms with Crippen LogP contribution in [0.1, 0.15) is 95.6 Å². The molecule has 1 N–H and O–H groups in total. The van der Waals surface area contributed by atoms with Gasteiger partial charge < -0.3 is 5.32 Å². The molecule has 140 valence electrons. The number of nitrogens with one attached hydrogen (secondary N) is 1. The number of para-hydroxylation sites is 1. The van der Waals surface area contributed by atoms with Crippen LogP contribution >= 0.6 is 11.6 Å². The molecule has 0 radical (unpaired) electrons. The molecule has 1 aromatic rings. The Kier molecular flexibility index (Phi) is 7.37. The fourth-order valence-electron chi connectivity index (χ4n) is 4.14. The van der Waals surface area contributed by atoms with Gasteiger partial charge in [-0.3, -0.25) is 4.79 Å². The Morgan fingerprint density at radius 3 is 2.12 bits per heavy atom. The van der Waals surface area contributed by atoms with Crippen LogP contribution in [0.4, 0.5) is 5.69 Å². The molecule has 0 bridgehead atoms. The van der Waals surface area contributed by atoms with Crippen molar-refractivity contribution in [2.75, 3.05) is 11.2 Å². The number of unbranched alkanes of at least 4 members (excludes halogenated alkanes) is 1. The lowest BCUT2D eigenvalue weighted by molar-refractivity contribution is -0.125. The van der Waals surface area contributed by atoms with Crippen molar-refractivity contribution < 1.29 is 4.79 Å². The first-order valence-corrected chi connectivity index (χ1v) is 10.4. The van der Waals surface area contributed by atoms with Gasteiger partial charge in [0.2, 0.25) is 5.91 Å². The molecular weight excluding hydrogens is 330 g/mol. The van der Waals surface area contributed by atoms with Crippen LogP contribution in [0.5, 0.6) is 0 Å². The van der Waals surface area contributed by atoms with Crippen LogP contribution in [0.15, 0.2) is 18.2 Å². The van der Waals surface area contributed by atoms with Crippen LogP contribution in [0, 0.1) is 5.41 Å². The molecule has 3 heteroatoms. The van der Waals surface area contributed by atoms with Gasteiger partial charge in [-0.15, -0.1) is 11.6 Å². The van der Waals surface area contributed by atoms with Gasteiger partial charge in [0.05, 0.1) is 0 Å². The van der Waals surface area contributed by atoms with Crippen molar-refractivity contribution >= 4 is 23.2 Å². The lowest BCUT2D eigenvalue weighted by Crippen LogP contribution is -2.34. The molecule has 2 rings (SSSR count). The zero-order chi connectivity index (χ0) is 18.4. The molecule has 0 aliphatic heterocycles. The van der Waals surface area contributed by atoms with Gasteiger partial charge in [0.15, 0.2) is 0 Å². The van der Waals surface area contributed by atoms with E-state index < -0.39 is 0 Å². The summed E-state index contributed by atoms with van der Waals surface area (Å²) in [7, 11) is 0. The van der Waals surface area contributed by atoms with E-state index in [1.165, 1.54) is 11.1 Å². The summed E-state index contributed by atoms with van der Waals surface area (Å²) in [5, 5.41) is 3.38. The summed E-state index contributed by atoms with van der Waals surface area (Å²) < 4.78 is 0. The lowest BCUT2D eigenvalue weighted by Gasteiger charge is -2.30. The van der Waals surface area contributed by atoms with Gasteiger partial charge in [0.1, 0.15) is 0 Å².